The first-order chi connectivity index (χ1) is 5.25. The van der Waals surface area contributed by atoms with Gasteiger partial charge in [-0.2, -0.15) is 12.6 Å². The molecule has 0 fully saturated rings. The molecule has 0 bridgehead atoms. The van der Waals surface area contributed by atoms with Crippen LogP contribution in [0.2, 0.25) is 0 Å². The Labute approximate surface area is 73.2 Å². The Bertz CT molecular complexity index is 245. The molecule has 0 aliphatic rings. The average Bonchev–Trinajstić information content (AvgIpc) is 1.99. The SMILES string of the molecule is Cc1cccc(NCS)c1C. The summed E-state index contributed by atoms with van der Waals surface area (Å²) in [5.41, 5.74) is 3.80. The van der Waals surface area contributed by atoms with Crippen molar-refractivity contribution >= 4 is 18.3 Å². The van der Waals surface area contributed by atoms with Crippen LogP contribution in [0.1, 0.15) is 11.1 Å². The number of hydrogen-bond acceptors (Lipinski definition) is 2. The van der Waals surface area contributed by atoms with E-state index < -0.39 is 0 Å². The summed E-state index contributed by atoms with van der Waals surface area (Å²) in [5, 5.41) is 3.18. The number of thiol groups is 1. The molecule has 1 nitrogen and oxygen atoms in total. The molecule has 0 aliphatic carbocycles. The Kier molecular flexibility index (Phi) is 2.83. The van der Waals surface area contributed by atoms with Gasteiger partial charge in [-0.25, -0.2) is 0 Å². The third-order valence-corrected chi connectivity index (χ3v) is 2.03. The van der Waals surface area contributed by atoms with Crippen molar-refractivity contribution in [1.29, 1.82) is 0 Å². The maximum Gasteiger partial charge on any atom is 0.0581 e. The van der Waals surface area contributed by atoms with Crippen LogP contribution in [0.3, 0.4) is 0 Å². The van der Waals surface area contributed by atoms with E-state index in [2.05, 4.69) is 43.9 Å². The molecule has 0 unspecified atom stereocenters. The van der Waals surface area contributed by atoms with Crippen LogP contribution >= 0.6 is 12.6 Å². The van der Waals surface area contributed by atoms with E-state index in [-0.39, 0.29) is 0 Å². The molecule has 0 aromatic heterocycles. The molecule has 0 amide bonds. The van der Waals surface area contributed by atoms with E-state index in [1.54, 1.807) is 0 Å². The van der Waals surface area contributed by atoms with Crippen LogP contribution < -0.4 is 5.32 Å². The van der Waals surface area contributed by atoms with Gasteiger partial charge in [-0.1, -0.05) is 12.1 Å². The summed E-state index contributed by atoms with van der Waals surface area (Å²) in [6.45, 7) is 4.22. The second-order valence-corrected chi connectivity index (χ2v) is 2.90. The molecule has 0 heterocycles. The van der Waals surface area contributed by atoms with Crippen molar-refractivity contribution < 1.29 is 0 Å². The van der Waals surface area contributed by atoms with Gasteiger partial charge in [0.15, 0.2) is 0 Å². The Morgan fingerprint density at radius 1 is 1.36 bits per heavy atom. The van der Waals surface area contributed by atoms with Gasteiger partial charge in [0.2, 0.25) is 0 Å². The average molecular weight is 167 g/mol. The van der Waals surface area contributed by atoms with E-state index in [0.717, 1.165) is 0 Å². The lowest BCUT2D eigenvalue weighted by Crippen LogP contribution is -1.97. The highest BCUT2D eigenvalue weighted by atomic mass is 32.1. The van der Waals surface area contributed by atoms with Crippen LogP contribution in [0.4, 0.5) is 5.69 Å². The second kappa shape index (κ2) is 3.67. The fraction of sp³-hybridized carbons (Fsp3) is 0.333. The molecule has 1 aromatic carbocycles. The van der Waals surface area contributed by atoms with Crippen molar-refractivity contribution in [3.8, 4) is 0 Å². The summed E-state index contributed by atoms with van der Waals surface area (Å²) < 4.78 is 0. The molecule has 0 aliphatic heterocycles. The zero-order chi connectivity index (χ0) is 8.27. The molecular formula is C9H13NS. The van der Waals surface area contributed by atoms with Crippen molar-refractivity contribution in [2.75, 3.05) is 11.2 Å². The third kappa shape index (κ3) is 1.90. The summed E-state index contributed by atoms with van der Waals surface area (Å²) >= 11 is 4.10. The van der Waals surface area contributed by atoms with E-state index in [1.165, 1.54) is 16.8 Å². The van der Waals surface area contributed by atoms with Crippen LogP contribution in [-0.2, 0) is 0 Å². The van der Waals surface area contributed by atoms with Crippen molar-refractivity contribution in [3.63, 3.8) is 0 Å². The number of hydrogen-bond donors (Lipinski definition) is 2. The molecule has 11 heavy (non-hydrogen) atoms. The van der Waals surface area contributed by atoms with Gasteiger partial charge in [-0.05, 0) is 31.0 Å². The van der Waals surface area contributed by atoms with Gasteiger partial charge in [0, 0.05) is 5.69 Å². The first-order valence-corrected chi connectivity index (χ1v) is 4.30. The van der Waals surface area contributed by atoms with Gasteiger partial charge in [-0.15, -0.1) is 0 Å². The molecule has 1 rings (SSSR count). The van der Waals surface area contributed by atoms with Crippen molar-refractivity contribution in [3.05, 3.63) is 29.3 Å². The molecular weight excluding hydrogens is 154 g/mol. The van der Waals surface area contributed by atoms with Crippen LogP contribution in [-0.4, -0.2) is 5.88 Å². The summed E-state index contributed by atoms with van der Waals surface area (Å²) in [6, 6.07) is 6.23. The van der Waals surface area contributed by atoms with Crippen molar-refractivity contribution in [1.82, 2.24) is 0 Å². The highest BCUT2D eigenvalue weighted by Gasteiger charge is 1.96. The van der Waals surface area contributed by atoms with E-state index in [9.17, 15) is 0 Å². The summed E-state index contributed by atoms with van der Waals surface area (Å²) in [4.78, 5) is 0. The molecule has 0 saturated heterocycles. The van der Waals surface area contributed by atoms with Crippen LogP contribution in [0.15, 0.2) is 18.2 Å². The number of rotatable bonds is 2. The Balaban J connectivity index is 2.96. The van der Waals surface area contributed by atoms with Gasteiger partial charge in [-0.3, -0.25) is 0 Å². The van der Waals surface area contributed by atoms with E-state index in [0.29, 0.717) is 5.88 Å². The minimum atomic E-state index is 0.685. The second-order valence-electron chi connectivity index (χ2n) is 2.58. The smallest absolute Gasteiger partial charge is 0.0581 e. The van der Waals surface area contributed by atoms with Gasteiger partial charge < -0.3 is 5.32 Å². The fourth-order valence-electron chi connectivity index (χ4n) is 1.03. The topological polar surface area (TPSA) is 12.0 Å². The van der Waals surface area contributed by atoms with Gasteiger partial charge >= 0.3 is 0 Å². The number of anilines is 1. The fourth-order valence-corrected chi connectivity index (χ4v) is 1.20. The predicted molar refractivity (Wildman–Crippen MR) is 53.4 cm³/mol. The molecule has 1 N–H and O–H groups in total. The number of nitrogens with one attached hydrogen (secondary N) is 1. The first kappa shape index (κ1) is 8.47. The molecule has 0 spiro atoms. The largest absolute Gasteiger partial charge is 0.376 e. The molecule has 60 valence electrons. The molecule has 1 aromatic rings. The standard InChI is InChI=1S/C9H13NS/c1-7-4-3-5-9(8(7)2)10-6-11/h3-5,10-11H,6H2,1-2H3. The minimum Gasteiger partial charge on any atom is -0.376 e. The van der Waals surface area contributed by atoms with E-state index in [1.807, 2.05) is 6.07 Å². The predicted octanol–water partition coefficient (Wildman–Crippen LogP) is 2.60. The van der Waals surface area contributed by atoms with Crippen molar-refractivity contribution in [2.24, 2.45) is 0 Å². The molecule has 2 heteroatoms. The monoisotopic (exact) mass is 167 g/mol. The van der Waals surface area contributed by atoms with E-state index in [4.69, 9.17) is 0 Å². The first-order valence-electron chi connectivity index (χ1n) is 3.66. The lowest BCUT2D eigenvalue weighted by molar-refractivity contribution is 1.31. The lowest BCUT2D eigenvalue weighted by Gasteiger charge is -2.08. The van der Waals surface area contributed by atoms with Crippen molar-refractivity contribution in [2.45, 2.75) is 13.8 Å². The number of aryl methyl sites for hydroxylation is 1. The lowest BCUT2D eigenvalue weighted by atomic mass is 10.1. The summed E-state index contributed by atoms with van der Waals surface area (Å²) in [7, 11) is 0. The molecule has 0 radical (unpaired) electrons. The van der Waals surface area contributed by atoms with Crippen LogP contribution in [0.25, 0.3) is 0 Å². The van der Waals surface area contributed by atoms with Crippen LogP contribution in [0, 0.1) is 13.8 Å². The zero-order valence-corrected chi connectivity index (χ0v) is 7.78. The molecule has 0 atom stereocenters. The Morgan fingerprint density at radius 3 is 2.73 bits per heavy atom. The normalized spacial score (nSPS) is 9.73. The maximum absolute atomic E-state index is 4.10. The van der Waals surface area contributed by atoms with Gasteiger partial charge in [0.25, 0.3) is 0 Å². The Hall–Kier alpha value is -0.630. The minimum absolute atomic E-state index is 0.685. The zero-order valence-electron chi connectivity index (χ0n) is 6.89. The van der Waals surface area contributed by atoms with Gasteiger partial charge in [0.1, 0.15) is 0 Å². The highest BCUT2D eigenvalue weighted by Crippen LogP contribution is 2.17. The van der Waals surface area contributed by atoms with E-state index >= 15 is 0 Å². The highest BCUT2D eigenvalue weighted by molar-refractivity contribution is 7.80. The molecule has 0 saturated carbocycles. The summed E-state index contributed by atoms with van der Waals surface area (Å²) in [5.74, 6) is 0.685. The van der Waals surface area contributed by atoms with Crippen LogP contribution in [0.5, 0.6) is 0 Å². The third-order valence-electron chi connectivity index (χ3n) is 1.87. The number of benzene rings is 1. The van der Waals surface area contributed by atoms with Gasteiger partial charge in [0.05, 0.1) is 5.88 Å². The Morgan fingerprint density at radius 2 is 2.09 bits per heavy atom. The maximum atomic E-state index is 4.10. The quantitative estimate of drug-likeness (QED) is 0.509. The summed E-state index contributed by atoms with van der Waals surface area (Å²) in [6.07, 6.45) is 0.